The molecule has 3 aromatic carbocycles. The number of amides is 4. The summed E-state index contributed by atoms with van der Waals surface area (Å²) < 4.78 is 4.95. The van der Waals surface area contributed by atoms with E-state index in [1.807, 2.05) is 87.6 Å². The largest absolute Gasteiger partial charge is 0.445 e. The van der Waals surface area contributed by atoms with Crippen molar-refractivity contribution in [1.29, 1.82) is 5.26 Å². The Morgan fingerprint density at radius 1 is 0.981 bits per heavy atom. The summed E-state index contributed by atoms with van der Waals surface area (Å²) in [5.74, 6) is -0.273. The molecule has 12 nitrogen and oxygen atoms in total. The molecule has 1 fully saturated rings. The number of alkyl carbamates (subject to hydrolysis) is 1. The van der Waals surface area contributed by atoms with Gasteiger partial charge >= 0.3 is 12.1 Å². The molecule has 0 aromatic heterocycles. The van der Waals surface area contributed by atoms with Gasteiger partial charge in [0.25, 0.3) is 0 Å². The summed E-state index contributed by atoms with van der Waals surface area (Å²) in [5, 5.41) is 18.2. The number of nitrogens with zero attached hydrogens (tertiary/aromatic N) is 5. The van der Waals surface area contributed by atoms with E-state index >= 15 is 0 Å². The number of carbonyl (C=O) groups is 4. The Labute approximate surface area is 314 Å². The maximum Gasteiger partial charge on any atom is 0.407 e. The van der Waals surface area contributed by atoms with Crippen molar-refractivity contribution in [1.82, 2.24) is 30.5 Å². The molecule has 1 aliphatic heterocycles. The SMILES string of the molecule is C=CCOC(=O)NCCC[C@@H](C=O)N1C(=O)CN(CC#N)N(C(=O)NCc2ccccc2)C1CN(C)CCC(c1ccccc1)c1ccccc1.CC. The zero-order valence-electron chi connectivity index (χ0n) is 31.1. The fourth-order valence-electron chi connectivity index (χ4n) is 6.27. The molecule has 1 unspecified atom stereocenters. The number of carbonyl (C=O) groups excluding carboxylic acids is 4. The molecule has 53 heavy (non-hydrogen) atoms. The number of aldehydes is 1. The van der Waals surface area contributed by atoms with E-state index in [9.17, 15) is 24.4 Å². The van der Waals surface area contributed by atoms with Crippen LogP contribution in [0.25, 0.3) is 0 Å². The van der Waals surface area contributed by atoms with E-state index in [0.717, 1.165) is 12.0 Å². The second-order valence-corrected chi connectivity index (χ2v) is 12.3. The predicted octanol–water partition coefficient (Wildman–Crippen LogP) is 5.55. The van der Waals surface area contributed by atoms with E-state index in [1.54, 1.807) is 0 Å². The number of nitriles is 1. The van der Waals surface area contributed by atoms with Crippen LogP contribution in [0.1, 0.15) is 55.7 Å². The smallest absolute Gasteiger partial charge is 0.407 e. The molecule has 2 N–H and O–H groups in total. The fraction of sp³-hybridized carbons (Fsp3) is 0.390. The number of likely N-dealkylation sites (N-methyl/N-ethyl adjacent to an activating group) is 1. The van der Waals surface area contributed by atoms with E-state index in [-0.39, 0.29) is 57.6 Å². The highest BCUT2D eigenvalue weighted by Gasteiger charge is 2.45. The molecule has 4 amide bonds. The van der Waals surface area contributed by atoms with E-state index in [4.69, 9.17) is 4.74 Å². The van der Waals surface area contributed by atoms with Crippen LogP contribution in [0.5, 0.6) is 0 Å². The minimum Gasteiger partial charge on any atom is -0.445 e. The number of hydrogen-bond donors (Lipinski definition) is 2. The van der Waals surface area contributed by atoms with Gasteiger partial charge in [0, 0.05) is 25.6 Å². The average Bonchev–Trinajstić information content (AvgIpc) is 3.19. The van der Waals surface area contributed by atoms with Crippen molar-refractivity contribution in [3.05, 3.63) is 120 Å². The van der Waals surface area contributed by atoms with Crippen molar-refractivity contribution in [2.45, 2.75) is 57.8 Å². The van der Waals surface area contributed by atoms with Crippen molar-refractivity contribution in [2.75, 3.05) is 46.4 Å². The van der Waals surface area contributed by atoms with Crippen LogP contribution in [-0.4, -0.2) is 103 Å². The zero-order valence-corrected chi connectivity index (χ0v) is 31.1. The Balaban J connectivity index is 0.00000372. The summed E-state index contributed by atoms with van der Waals surface area (Å²) in [6.45, 7) is 8.39. The highest BCUT2D eigenvalue weighted by Crippen LogP contribution is 2.29. The Hall–Kier alpha value is -5.51. The molecule has 1 aliphatic rings. The standard InChI is InChI=1S/C39H47N7O5.C2H6/c1-3-26-51-39(50)41-23-13-20-34(30-47)45-36(28-43(2)24-21-35(32-16-9-5-10-17-32)33-18-11-6-12-19-33)46(44(25-22-40)29-37(45)48)38(49)42-27-31-14-7-4-8-15-31;1-2/h3-12,14-19,30,34-36H,1,13,20-21,23-29H2,2H3,(H,41,50)(H,42,49);1-2H3/t34-,36?;/m0./s1. The minimum absolute atomic E-state index is 0.0685. The van der Waals surface area contributed by atoms with Crippen molar-refractivity contribution in [3.63, 3.8) is 0 Å². The second kappa shape index (κ2) is 23.1. The fourth-order valence-corrected chi connectivity index (χ4v) is 6.27. The molecule has 1 heterocycles. The molecule has 0 radical (unpaired) electrons. The molecular formula is C41H53N7O5. The van der Waals surface area contributed by atoms with Crippen LogP contribution in [0.2, 0.25) is 0 Å². The number of urea groups is 1. The van der Waals surface area contributed by atoms with Crippen molar-refractivity contribution < 1.29 is 23.9 Å². The quantitative estimate of drug-likeness (QED) is 0.0755. The normalized spacial score (nSPS) is 14.8. The van der Waals surface area contributed by atoms with E-state index in [2.05, 4.69) is 52.4 Å². The van der Waals surface area contributed by atoms with Gasteiger partial charge in [-0.15, -0.1) is 0 Å². The molecule has 1 saturated heterocycles. The third kappa shape index (κ3) is 12.9. The minimum atomic E-state index is -0.909. The van der Waals surface area contributed by atoms with Gasteiger partial charge in [-0.1, -0.05) is 117 Å². The molecule has 12 heteroatoms. The lowest BCUT2D eigenvalue weighted by molar-refractivity contribution is -0.173. The van der Waals surface area contributed by atoms with Gasteiger partial charge in [0.1, 0.15) is 25.6 Å². The van der Waals surface area contributed by atoms with Crippen LogP contribution in [0.15, 0.2) is 104 Å². The van der Waals surface area contributed by atoms with Gasteiger partial charge in [-0.05, 0) is 49.5 Å². The summed E-state index contributed by atoms with van der Waals surface area (Å²) in [5.41, 5.74) is 3.24. The average molecular weight is 724 g/mol. The van der Waals surface area contributed by atoms with Crippen LogP contribution < -0.4 is 10.6 Å². The van der Waals surface area contributed by atoms with Gasteiger partial charge in [-0.2, -0.15) is 10.3 Å². The Morgan fingerprint density at radius 2 is 1.58 bits per heavy atom. The number of nitrogens with one attached hydrogen (secondary N) is 2. The van der Waals surface area contributed by atoms with E-state index < -0.39 is 24.3 Å². The first-order valence-electron chi connectivity index (χ1n) is 18.2. The number of rotatable bonds is 18. The van der Waals surface area contributed by atoms with Gasteiger partial charge in [0.15, 0.2) is 0 Å². The number of benzene rings is 3. The first-order valence-corrected chi connectivity index (χ1v) is 18.2. The maximum atomic E-state index is 14.0. The number of ether oxygens (including phenoxy) is 1. The molecule has 2 atom stereocenters. The van der Waals surface area contributed by atoms with Crippen molar-refractivity contribution in [2.24, 2.45) is 0 Å². The van der Waals surface area contributed by atoms with Crippen LogP contribution in [-0.2, 0) is 20.9 Å². The van der Waals surface area contributed by atoms with Gasteiger partial charge in [-0.25, -0.2) is 14.6 Å². The topological polar surface area (TPSA) is 138 Å². The van der Waals surface area contributed by atoms with Crippen LogP contribution in [0.4, 0.5) is 9.59 Å². The van der Waals surface area contributed by atoms with Crippen molar-refractivity contribution >= 4 is 24.3 Å². The number of hydrazine groups is 1. The van der Waals surface area contributed by atoms with Gasteiger partial charge < -0.3 is 30.0 Å². The van der Waals surface area contributed by atoms with Gasteiger partial charge in [0.05, 0.1) is 18.7 Å². The third-order valence-corrected chi connectivity index (χ3v) is 8.73. The maximum absolute atomic E-state index is 14.0. The summed E-state index contributed by atoms with van der Waals surface area (Å²) >= 11 is 0. The summed E-state index contributed by atoms with van der Waals surface area (Å²) in [6.07, 6.45) is 2.01. The van der Waals surface area contributed by atoms with Gasteiger partial charge in [-0.3, -0.25) is 4.79 Å². The predicted molar refractivity (Wildman–Crippen MR) is 205 cm³/mol. The second-order valence-electron chi connectivity index (χ2n) is 12.3. The van der Waals surface area contributed by atoms with Gasteiger partial charge in [0.2, 0.25) is 5.91 Å². The lowest BCUT2D eigenvalue weighted by atomic mass is 9.88. The summed E-state index contributed by atoms with van der Waals surface area (Å²) in [7, 11) is 1.92. The highest BCUT2D eigenvalue weighted by molar-refractivity contribution is 5.85. The monoisotopic (exact) mass is 723 g/mol. The van der Waals surface area contributed by atoms with Crippen LogP contribution in [0, 0.1) is 11.3 Å². The Kier molecular flexibility index (Phi) is 18.3. The summed E-state index contributed by atoms with van der Waals surface area (Å²) in [6, 6.07) is 30.7. The highest BCUT2D eigenvalue weighted by atomic mass is 16.5. The third-order valence-electron chi connectivity index (χ3n) is 8.73. The van der Waals surface area contributed by atoms with Crippen LogP contribution in [0.3, 0.4) is 0 Å². The molecule has 4 rings (SSSR count). The molecule has 0 spiro atoms. The number of hydrogen-bond acceptors (Lipinski definition) is 8. The van der Waals surface area contributed by atoms with E-state index in [0.29, 0.717) is 19.3 Å². The lowest BCUT2D eigenvalue weighted by Gasteiger charge is -2.50. The molecule has 3 aromatic rings. The summed E-state index contributed by atoms with van der Waals surface area (Å²) in [4.78, 5) is 56.0. The molecule has 0 saturated carbocycles. The van der Waals surface area contributed by atoms with E-state index in [1.165, 1.54) is 32.1 Å². The molecule has 0 bridgehead atoms. The van der Waals surface area contributed by atoms with Crippen molar-refractivity contribution in [3.8, 4) is 6.07 Å². The van der Waals surface area contributed by atoms with Crippen LogP contribution >= 0.6 is 0 Å². The zero-order chi connectivity index (χ0) is 38.4. The molecule has 0 aliphatic carbocycles. The Morgan fingerprint density at radius 3 is 2.15 bits per heavy atom. The Bertz CT molecular complexity index is 1560. The lowest BCUT2D eigenvalue weighted by Crippen LogP contribution is -2.72. The first kappa shape index (κ1) is 41.9. The molecular weight excluding hydrogens is 670 g/mol. The first-order chi connectivity index (χ1) is 25.9. The molecule has 282 valence electrons.